The Morgan fingerprint density at radius 2 is 1.17 bits per heavy atom. The van der Waals surface area contributed by atoms with E-state index in [0.29, 0.717) is 5.56 Å². The second-order valence-corrected chi connectivity index (χ2v) is 8.22. The van der Waals surface area contributed by atoms with Crippen molar-refractivity contribution in [3.63, 3.8) is 0 Å². The second-order valence-electron chi connectivity index (χ2n) is 8.22. The Labute approximate surface area is 203 Å². The van der Waals surface area contributed by atoms with Crippen molar-refractivity contribution < 1.29 is 30.7 Å². The summed E-state index contributed by atoms with van der Waals surface area (Å²) in [6, 6.07) is 15.5. The summed E-state index contributed by atoms with van der Waals surface area (Å²) in [6.45, 7) is 2.08. The molecule has 7 heteroatoms. The van der Waals surface area contributed by atoms with Gasteiger partial charge in [-0.3, -0.25) is 0 Å². The van der Waals surface area contributed by atoms with Crippen LogP contribution in [0.5, 0.6) is 0 Å². The first kappa shape index (κ1) is 25.2. The van der Waals surface area contributed by atoms with E-state index in [1.165, 1.54) is 23.8 Å². The van der Waals surface area contributed by atoms with Gasteiger partial charge in [0.15, 0.2) is 29.1 Å². The summed E-state index contributed by atoms with van der Waals surface area (Å²) in [5, 5.41) is 0. The third kappa shape index (κ3) is 5.05. The molecule has 36 heavy (non-hydrogen) atoms. The quantitative estimate of drug-likeness (QED) is 0.141. The Hall–Kier alpha value is -3.87. The van der Waals surface area contributed by atoms with Gasteiger partial charge in [0.05, 0.1) is 0 Å². The maximum Gasteiger partial charge on any atom is 0.194 e. The molecule has 0 N–H and O–H groups in total. The summed E-state index contributed by atoms with van der Waals surface area (Å²) < 4.78 is 98.5. The molecule has 0 fully saturated rings. The van der Waals surface area contributed by atoms with E-state index >= 15 is 0 Å². The highest BCUT2D eigenvalue weighted by Gasteiger charge is 2.20. The van der Waals surface area contributed by atoms with Crippen LogP contribution in [0.25, 0.3) is 33.9 Å². The average Bonchev–Trinajstić information content (AvgIpc) is 2.86. The number of halogens is 7. The number of hydrogen-bond acceptors (Lipinski definition) is 0. The van der Waals surface area contributed by atoms with E-state index in [1.54, 1.807) is 6.07 Å². The van der Waals surface area contributed by atoms with Crippen molar-refractivity contribution in [1.82, 2.24) is 0 Å². The molecule has 0 amide bonds. The fraction of sp³-hybridized carbons (Fsp3) is 0.103. The van der Waals surface area contributed by atoms with Crippen molar-refractivity contribution in [3.8, 4) is 22.3 Å². The van der Waals surface area contributed by atoms with Crippen molar-refractivity contribution in [2.45, 2.75) is 19.8 Å². The zero-order chi connectivity index (χ0) is 26.0. The van der Waals surface area contributed by atoms with E-state index in [1.807, 2.05) is 24.3 Å². The van der Waals surface area contributed by atoms with E-state index in [9.17, 15) is 30.7 Å². The van der Waals surface area contributed by atoms with Crippen LogP contribution in [-0.4, -0.2) is 0 Å². The van der Waals surface area contributed by atoms with E-state index in [2.05, 4.69) is 6.92 Å². The molecule has 4 aromatic carbocycles. The van der Waals surface area contributed by atoms with E-state index in [4.69, 9.17) is 0 Å². The SMILES string of the molecule is CCCc1ccc(-c2ccc(-c3ccc(C(F)=C(F)c4cc(F)c(F)c(F)c4)c(F)c3)c(F)c2)cc1. The normalized spacial score (nSPS) is 12.0. The number of hydrogen-bond donors (Lipinski definition) is 0. The van der Waals surface area contributed by atoms with Crippen LogP contribution in [0, 0.1) is 29.1 Å². The van der Waals surface area contributed by atoms with Gasteiger partial charge >= 0.3 is 0 Å². The van der Waals surface area contributed by atoms with Gasteiger partial charge < -0.3 is 0 Å². The van der Waals surface area contributed by atoms with Gasteiger partial charge in [-0.25, -0.2) is 30.7 Å². The van der Waals surface area contributed by atoms with Gasteiger partial charge in [0.25, 0.3) is 0 Å². The van der Waals surface area contributed by atoms with Gasteiger partial charge in [0, 0.05) is 16.7 Å². The van der Waals surface area contributed by atoms with E-state index in [0.717, 1.165) is 30.5 Å². The summed E-state index contributed by atoms with van der Waals surface area (Å²) >= 11 is 0. The smallest absolute Gasteiger partial charge is 0.194 e. The second kappa shape index (κ2) is 10.4. The maximum absolute atomic E-state index is 14.9. The summed E-state index contributed by atoms with van der Waals surface area (Å²) in [4.78, 5) is 0. The molecule has 4 rings (SSSR count). The molecule has 0 bridgehead atoms. The summed E-state index contributed by atoms with van der Waals surface area (Å²) in [5.41, 5.74) is 0.929. The largest absolute Gasteiger partial charge is 0.206 e. The maximum atomic E-state index is 14.9. The minimum Gasteiger partial charge on any atom is -0.206 e. The molecular formula is C29H19F7. The average molecular weight is 500 g/mol. The van der Waals surface area contributed by atoms with Crippen LogP contribution in [0.1, 0.15) is 30.0 Å². The Balaban J connectivity index is 1.64. The Kier molecular flexibility index (Phi) is 7.29. The van der Waals surface area contributed by atoms with Gasteiger partial charge in [0.2, 0.25) is 0 Å². The number of rotatable bonds is 6. The Bertz CT molecular complexity index is 1430. The predicted molar refractivity (Wildman–Crippen MR) is 127 cm³/mol. The van der Waals surface area contributed by atoms with Gasteiger partial charge in [-0.05, 0) is 59.0 Å². The highest BCUT2D eigenvalue weighted by Crippen LogP contribution is 2.34. The molecule has 0 saturated heterocycles. The Morgan fingerprint density at radius 1 is 0.583 bits per heavy atom. The lowest BCUT2D eigenvalue weighted by Gasteiger charge is -2.10. The van der Waals surface area contributed by atoms with Crippen LogP contribution in [0.4, 0.5) is 30.7 Å². The molecule has 0 nitrogen and oxygen atoms in total. The van der Waals surface area contributed by atoms with Gasteiger partial charge in [-0.15, -0.1) is 0 Å². The molecule has 0 aliphatic carbocycles. The van der Waals surface area contributed by atoms with Crippen molar-refractivity contribution in [2.75, 3.05) is 0 Å². The highest BCUT2D eigenvalue weighted by molar-refractivity contribution is 5.84. The predicted octanol–water partition coefficient (Wildman–Crippen LogP) is 9.43. The lowest BCUT2D eigenvalue weighted by Crippen LogP contribution is -1.95. The third-order valence-corrected chi connectivity index (χ3v) is 5.74. The minimum atomic E-state index is -1.84. The lowest BCUT2D eigenvalue weighted by atomic mass is 9.97. The van der Waals surface area contributed by atoms with Crippen molar-refractivity contribution in [1.29, 1.82) is 0 Å². The number of aryl methyl sites for hydroxylation is 1. The van der Waals surface area contributed by atoms with Crippen LogP contribution in [0.3, 0.4) is 0 Å². The first-order valence-corrected chi connectivity index (χ1v) is 11.1. The van der Waals surface area contributed by atoms with Crippen LogP contribution in [0.2, 0.25) is 0 Å². The fourth-order valence-corrected chi connectivity index (χ4v) is 3.87. The fourth-order valence-electron chi connectivity index (χ4n) is 3.87. The first-order valence-electron chi connectivity index (χ1n) is 11.1. The van der Waals surface area contributed by atoms with Crippen LogP contribution in [-0.2, 0) is 6.42 Å². The molecule has 0 radical (unpaired) electrons. The molecule has 0 aromatic heterocycles. The zero-order valence-corrected chi connectivity index (χ0v) is 19.0. The molecular weight excluding hydrogens is 481 g/mol. The molecule has 0 spiro atoms. The van der Waals surface area contributed by atoms with Gasteiger partial charge in [-0.2, -0.15) is 0 Å². The van der Waals surface area contributed by atoms with Crippen LogP contribution in [0.15, 0.2) is 72.8 Å². The van der Waals surface area contributed by atoms with Crippen LogP contribution >= 0.6 is 0 Å². The summed E-state index contributed by atoms with van der Waals surface area (Å²) in [7, 11) is 0. The molecule has 0 aliphatic rings. The summed E-state index contributed by atoms with van der Waals surface area (Å²) in [6.07, 6.45) is 1.94. The highest BCUT2D eigenvalue weighted by atomic mass is 19.2. The zero-order valence-electron chi connectivity index (χ0n) is 19.0. The van der Waals surface area contributed by atoms with Crippen molar-refractivity contribution in [3.05, 3.63) is 119 Å². The lowest BCUT2D eigenvalue weighted by molar-refractivity contribution is 0.446. The third-order valence-electron chi connectivity index (χ3n) is 5.74. The minimum absolute atomic E-state index is 0.0411. The molecule has 0 saturated carbocycles. The molecule has 0 heterocycles. The topological polar surface area (TPSA) is 0 Å². The molecule has 0 atom stereocenters. The standard InChI is InChI=1S/C29H19F7/c1-2-3-16-4-6-17(7-5-16)18-8-10-21(23(30)12-18)19-9-11-22(24(31)13-19)28(35)27(34)20-14-25(32)29(36)26(33)15-20/h4-15H,2-3H2,1H3. The Morgan fingerprint density at radius 3 is 1.75 bits per heavy atom. The van der Waals surface area contributed by atoms with Crippen molar-refractivity contribution in [2.24, 2.45) is 0 Å². The molecule has 0 unspecified atom stereocenters. The number of benzene rings is 4. The van der Waals surface area contributed by atoms with Gasteiger partial charge in [0.1, 0.15) is 11.6 Å². The first-order chi connectivity index (χ1) is 17.2. The summed E-state index contributed by atoms with van der Waals surface area (Å²) in [5.74, 6) is -10.7. The van der Waals surface area contributed by atoms with Crippen molar-refractivity contribution >= 4 is 11.7 Å². The van der Waals surface area contributed by atoms with Gasteiger partial charge in [-0.1, -0.05) is 55.8 Å². The molecule has 184 valence electrons. The molecule has 4 aromatic rings. The van der Waals surface area contributed by atoms with E-state index in [-0.39, 0.29) is 23.3 Å². The van der Waals surface area contributed by atoms with E-state index < -0.39 is 51.9 Å². The monoisotopic (exact) mass is 500 g/mol. The molecule has 0 aliphatic heterocycles. The van der Waals surface area contributed by atoms with Crippen LogP contribution < -0.4 is 0 Å².